The number of amides is 5. The summed E-state index contributed by atoms with van der Waals surface area (Å²) in [6, 6.07) is -0.354. The van der Waals surface area contributed by atoms with Crippen LogP contribution in [0.4, 0.5) is 0 Å². The summed E-state index contributed by atoms with van der Waals surface area (Å²) in [5.41, 5.74) is 0. The first-order chi connectivity index (χ1) is 21.4. The van der Waals surface area contributed by atoms with Crippen LogP contribution in [0.1, 0.15) is 77.0 Å². The van der Waals surface area contributed by atoms with Crippen molar-refractivity contribution >= 4 is 42.9 Å². The van der Waals surface area contributed by atoms with Crippen LogP contribution < -0.4 is 26.6 Å². The van der Waals surface area contributed by atoms with E-state index in [0.29, 0.717) is 84.3 Å². The molecule has 0 aliphatic carbocycles. The molecule has 2 unspecified atom stereocenters. The summed E-state index contributed by atoms with van der Waals surface area (Å²) in [6.07, 6.45) is 7.66. The molecule has 0 saturated heterocycles. The molecule has 14 nitrogen and oxygen atoms in total. The quantitative estimate of drug-likeness (QED) is 0.0241. The van der Waals surface area contributed by atoms with E-state index in [-0.39, 0.29) is 68.3 Å². The SMILES string of the molecule is COCC(CO)CCCCNC(=O)CC(CCCCNC(=O)COCCNC(=O)CCCCOS)NC(=O)CCCNC=O. The lowest BCUT2D eigenvalue weighted by Crippen LogP contribution is -2.39. The number of aliphatic hydroxyl groups excluding tert-OH is 1. The minimum atomic E-state index is -0.354. The number of ether oxygens (including phenoxy) is 2. The highest BCUT2D eigenvalue weighted by Gasteiger charge is 2.16. The first-order valence-electron chi connectivity index (χ1n) is 15.6. The second-order valence-electron chi connectivity index (χ2n) is 10.5. The van der Waals surface area contributed by atoms with Crippen molar-refractivity contribution in [3.63, 3.8) is 0 Å². The average Bonchev–Trinajstić information content (AvgIpc) is 3.00. The van der Waals surface area contributed by atoms with E-state index >= 15 is 0 Å². The summed E-state index contributed by atoms with van der Waals surface area (Å²) >= 11 is 3.65. The molecule has 0 spiro atoms. The highest BCUT2D eigenvalue weighted by molar-refractivity contribution is 7.75. The van der Waals surface area contributed by atoms with Gasteiger partial charge in [-0.05, 0) is 64.3 Å². The Kier molecular flexibility index (Phi) is 28.9. The minimum absolute atomic E-state index is 0.0696. The third-order valence-corrected chi connectivity index (χ3v) is 6.80. The Morgan fingerprint density at radius 3 is 2.14 bits per heavy atom. The average molecular weight is 650 g/mol. The molecule has 0 fully saturated rings. The number of carbonyl (C=O) groups is 5. The summed E-state index contributed by atoms with van der Waals surface area (Å²) in [5, 5.41) is 23.2. The fourth-order valence-electron chi connectivity index (χ4n) is 4.24. The largest absolute Gasteiger partial charge is 0.396 e. The van der Waals surface area contributed by atoms with E-state index in [0.717, 1.165) is 25.7 Å². The molecule has 6 N–H and O–H groups in total. The van der Waals surface area contributed by atoms with Gasteiger partial charge >= 0.3 is 0 Å². The number of aliphatic hydroxyl groups is 1. The van der Waals surface area contributed by atoms with Crippen molar-refractivity contribution in [3.8, 4) is 0 Å². The van der Waals surface area contributed by atoms with Crippen LogP contribution in [0.2, 0.25) is 0 Å². The summed E-state index contributed by atoms with van der Waals surface area (Å²) in [6.45, 7) is 2.84. The number of unbranched alkanes of at least 4 members (excludes halogenated alkanes) is 3. The normalized spacial score (nSPS) is 12.2. The number of nitrogens with one attached hydrogen (secondary N) is 5. The molecule has 0 aliphatic rings. The van der Waals surface area contributed by atoms with Crippen LogP contribution in [0.15, 0.2) is 0 Å². The van der Waals surface area contributed by atoms with Gasteiger partial charge in [0.2, 0.25) is 30.0 Å². The second kappa shape index (κ2) is 30.6. The van der Waals surface area contributed by atoms with Gasteiger partial charge in [0.25, 0.3) is 0 Å². The Labute approximate surface area is 267 Å². The summed E-state index contributed by atoms with van der Waals surface area (Å²) in [5.74, 6) is -0.589. The number of rotatable bonds is 31. The number of hydrogen-bond acceptors (Lipinski definition) is 10. The smallest absolute Gasteiger partial charge is 0.245 e. The lowest BCUT2D eigenvalue weighted by molar-refractivity contribution is -0.126. The van der Waals surface area contributed by atoms with Gasteiger partial charge in [0.15, 0.2) is 0 Å². The van der Waals surface area contributed by atoms with E-state index < -0.39 is 0 Å². The number of carbonyl (C=O) groups excluding carboxylic acids is 5. The first kappa shape index (κ1) is 41.5. The minimum Gasteiger partial charge on any atom is -0.396 e. The first-order valence-corrected chi connectivity index (χ1v) is 15.9. The van der Waals surface area contributed by atoms with E-state index in [2.05, 4.69) is 43.7 Å². The Balaban J connectivity index is 4.29. The molecule has 5 amide bonds. The predicted octanol–water partition coefficient (Wildman–Crippen LogP) is 0.380. The van der Waals surface area contributed by atoms with Crippen LogP contribution >= 0.6 is 12.9 Å². The predicted molar refractivity (Wildman–Crippen MR) is 169 cm³/mol. The van der Waals surface area contributed by atoms with Gasteiger partial charge < -0.3 is 45.3 Å². The molecule has 0 radical (unpaired) electrons. The highest BCUT2D eigenvalue weighted by atomic mass is 32.1. The van der Waals surface area contributed by atoms with Crippen molar-refractivity contribution in [2.45, 2.75) is 83.1 Å². The molecule has 0 aromatic rings. The van der Waals surface area contributed by atoms with Crippen LogP contribution in [-0.2, 0) is 37.6 Å². The summed E-state index contributed by atoms with van der Waals surface area (Å²) in [4.78, 5) is 59.0. The maximum absolute atomic E-state index is 12.6. The van der Waals surface area contributed by atoms with Gasteiger partial charge in [-0.25, -0.2) is 0 Å². The zero-order valence-corrected chi connectivity index (χ0v) is 27.1. The Morgan fingerprint density at radius 1 is 0.773 bits per heavy atom. The van der Waals surface area contributed by atoms with Crippen molar-refractivity contribution in [2.75, 3.05) is 66.3 Å². The lowest BCUT2D eigenvalue weighted by atomic mass is 10.0. The number of methoxy groups -OCH3 is 1. The molecule has 0 heterocycles. The van der Waals surface area contributed by atoms with Crippen LogP contribution in [0.3, 0.4) is 0 Å². The van der Waals surface area contributed by atoms with Gasteiger partial charge in [-0.1, -0.05) is 6.42 Å². The fourth-order valence-corrected chi connectivity index (χ4v) is 4.37. The molecule has 0 rings (SSSR count). The van der Waals surface area contributed by atoms with Gasteiger partial charge in [0.05, 0.1) is 19.8 Å². The molecule has 44 heavy (non-hydrogen) atoms. The molecule has 15 heteroatoms. The van der Waals surface area contributed by atoms with Crippen LogP contribution in [0.25, 0.3) is 0 Å². The van der Waals surface area contributed by atoms with E-state index in [1.165, 1.54) is 0 Å². The van der Waals surface area contributed by atoms with Crippen molar-refractivity contribution < 1.29 is 42.7 Å². The standard InChI is InChI=1S/C29H55N5O9S/c1-41-21-24(20-35)9-2-5-14-31-28(39)19-25(34-27(38)12-8-13-30-23-36)10-3-6-15-32-29(40)22-42-18-16-33-26(37)11-4-7-17-43-44/h23-25,35,44H,2-22H2,1H3,(H,30,36)(H,31,39)(H,32,40)(H,33,37)(H,34,38). The number of hydrogen-bond donors (Lipinski definition) is 7. The van der Waals surface area contributed by atoms with Crippen molar-refractivity contribution in [2.24, 2.45) is 5.92 Å². The fraction of sp³-hybridized carbons (Fsp3) is 0.828. The molecule has 0 bridgehead atoms. The van der Waals surface area contributed by atoms with Gasteiger partial charge in [-0.15, -0.1) is 0 Å². The maximum Gasteiger partial charge on any atom is 0.245 e. The van der Waals surface area contributed by atoms with E-state index in [1.54, 1.807) is 7.11 Å². The Hall–Kier alpha value is -2.46. The van der Waals surface area contributed by atoms with Gasteiger partial charge in [-0.3, -0.25) is 24.0 Å². The second-order valence-corrected chi connectivity index (χ2v) is 10.8. The van der Waals surface area contributed by atoms with Crippen LogP contribution in [0.5, 0.6) is 0 Å². The third-order valence-electron chi connectivity index (χ3n) is 6.62. The molecular weight excluding hydrogens is 594 g/mol. The van der Waals surface area contributed by atoms with E-state index in [1.807, 2.05) is 0 Å². The van der Waals surface area contributed by atoms with Crippen LogP contribution in [-0.4, -0.2) is 108 Å². The van der Waals surface area contributed by atoms with E-state index in [9.17, 15) is 29.1 Å². The Bertz CT molecular complexity index is 780. The number of thiol groups is 1. The third kappa shape index (κ3) is 27.1. The van der Waals surface area contributed by atoms with Gasteiger partial charge in [0.1, 0.15) is 6.61 Å². The van der Waals surface area contributed by atoms with Gasteiger partial charge in [0, 0.05) is 71.1 Å². The topological polar surface area (TPSA) is 193 Å². The molecule has 2 atom stereocenters. The monoisotopic (exact) mass is 649 g/mol. The van der Waals surface area contributed by atoms with Crippen molar-refractivity contribution in [1.82, 2.24) is 26.6 Å². The maximum atomic E-state index is 12.6. The van der Waals surface area contributed by atoms with E-state index in [4.69, 9.17) is 9.47 Å². The molecule has 0 aliphatic heterocycles. The zero-order chi connectivity index (χ0) is 32.7. The van der Waals surface area contributed by atoms with Crippen molar-refractivity contribution in [3.05, 3.63) is 0 Å². The summed E-state index contributed by atoms with van der Waals surface area (Å²) in [7, 11) is 1.60. The summed E-state index contributed by atoms with van der Waals surface area (Å²) < 4.78 is 15.0. The highest BCUT2D eigenvalue weighted by Crippen LogP contribution is 2.09. The zero-order valence-electron chi connectivity index (χ0n) is 26.2. The molecule has 256 valence electrons. The molecule has 0 saturated carbocycles. The molecular formula is C29H55N5O9S. The van der Waals surface area contributed by atoms with Crippen LogP contribution in [0, 0.1) is 5.92 Å². The molecule has 0 aromatic carbocycles. The van der Waals surface area contributed by atoms with Gasteiger partial charge in [-0.2, -0.15) is 0 Å². The lowest BCUT2D eigenvalue weighted by Gasteiger charge is -2.19. The van der Waals surface area contributed by atoms with Crippen molar-refractivity contribution in [1.29, 1.82) is 0 Å². The molecule has 0 aromatic heterocycles. The Morgan fingerprint density at radius 2 is 1.45 bits per heavy atom.